The minimum absolute atomic E-state index is 0.0386. The van der Waals surface area contributed by atoms with Crippen LogP contribution >= 0.6 is 11.6 Å². The Morgan fingerprint density at radius 1 is 1.15 bits per heavy atom. The Hall–Kier alpha value is -2.79. The molecule has 2 aromatic carbocycles. The molecule has 0 saturated heterocycles. The van der Waals surface area contributed by atoms with Gasteiger partial charge in [-0.15, -0.1) is 0 Å². The lowest BCUT2D eigenvalue weighted by Gasteiger charge is -2.15. The normalized spacial score (nSPS) is 12.0. The third-order valence-corrected chi connectivity index (χ3v) is 4.19. The van der Waals surface area contributed by atoms with Crippen LogP contribution in [0.25, 0.3) is 22.3 Å². The molecule has 0 spiro atoms. The van der Waals surface area contributed by atoms with Crippen molar-refractivity contribution in [1.29, 1.82) is 0 Å². The minimum atomic E-state index is -0.962. The van der Waals surface area contributed by atoms with E-state index in [4.69, 9.17) is 20.8 Å². The summed E-state index contributed by atoms with van der Waals surface area (Å²) in [5, 5.41) is 0.938. The van der Waals surface area contributed by atoms with E-state index in [1.54, 1.807) is 36.4 Å². The number of fused-ring (bicyclic) bond motifs is 1. The molecule has 26 heavy (non-hydrogen) atoms. The van der Waals surface area contributed by atoms with Crippen LogP contribution in [0.15, 0.2) is 51.7 Å². The van der Waals surface area contributed by atoms with Crippen molar-refractivity contribution >= 4 is 28.5 Å². The van der Waals surface area contributed by atoms with Gasteiger partial charge in [0.15, 0.2) is 11.9 Å². The number of rotatable bonds is 4. The number of halogens is 1. The Bertz CT molecular complexity index is 1020. The number of benzene rings is 2. The maximum atomic E-state index is 13.0. The number of carbonyl (C=O) groups excluding carboxylic acids is 1. The second-order valence-corrected chi connectivity index (χ2v) is 6.32. The average molecular weight is 373 g/mol. The Kier molecular flexibility index (Phi) is 5.00. The molecule has 0 N–H and O–H groups in total. The molecule has 134 valence electrons. The van der Waals surface area contributed by atoms with E-state index in [0.29, 0.717) is 21.6 Å². The summed E-state index contributed by atoms with van der Waals surface area (Å²) in [6.45, 7) is 3.39. The number of esters is 1. The van der Waals surface area contributed by atoms with Crippen molar-refractivity contribution < 1.29 is 18.7 Å². The van der Waals surface area contributed by atoms with E-state index < -0.39 is 12.1 Å². The first-order chi connectivity index (χ1) is 12.4. The third-order valence-electron chi connectivity index (χ3n) is 3.94. The zero-order valence-corrected chi connectivity index (χ0v) is 15.3. The van der Waals surface area contributed by atoms with E-state index in [-0.39, 0.29) is 16.9 Å². The van der Waals surface area contributed by atoms with Gasteiger partial charge in [-0.1, -0.05) is 23.2 Å². The molecular formula is C20H17ClO5. The standard InChI is InChI=1S/C20H17ClO5/c1-11-4-9-16-15(10-11)17(22)19(25-12(2)20(23)24-3)18(26-16)13-5-7-14(21)8-6-13/h4-10,12H,1-3H3/t12-/m1/s1. The summed E-state index contributed by atoms with van der Waals surface area (Å²) in [6.07, 6.45) is -0.962. The SMILES string of the molecule is COC(=O)[C@@H](C)Oc1c(-c2ccc(Cl)cc2)oc2ccc(C)cc2c1=O. The number of carbonyl (C=O) groups is 1. The summed E-state index contributed by atoms with van der Waals surface area (Å²) < 4.78 is 16.3. The molecule has 0 bridgehead atoms. The van der Waals surface area contributed by atoms with Crippen molar-refractivity contribution in [3.8, 4) is 17.1 Å². The molecule has 3 aromatic rings. The molecule has 1 aromatic heterocycles. The molecule has 3 rings (SSSR count). The molecule has 0 fully saturated rings. The summed E-state index contributed by atoms with van der Waals surface area (Å²) in [5.74, 6) is -0.391. The van der Waals surface area contributed by atoms with Crippen molar-refractivity contribution in [1.82, 2.24) is 0 Å². The molecule has 1 atom stereocenters. The first kappa shape index (κ1) is 18.0. The van der Waals surface area contributed by atoms with Gasteiger partial charge in [0.2, 0.25) is 11.2 Å². The zero-order valence-electron chi connectivity index (χ0n) is 14.5. The van der Waals surface area contributed by atoms with Crippen LogP contribution in [-0.4, -0.2) is 19.2 Å². The van der Waals surface area contributed by atoms with E-state index in [2.05, 4.69) is 4.74 Å². The predicted molar refractivity (Wildman–Crippen MR) is 99.8 cm³/mol. The summed E-state index contributed by atoms with van der Waals surface area (Å²) >= 11 is 5.94. The highest BCUT2D eigenvalue weighted by Crippen LogP contribution is 2.32. The van der Waals surface area contributed by atoms with Crippen molar-refractivity contribution in [2.75, 3.05) is 7.11 Å². The molecule has 5 nitrogen and oxygen atoms in total. The summed E-state index contributed by atoms with van der Waals surface area (Å²) in [5.41, 5.74) is 1.61. The molecule has 0 aliphatic heterocycles. The lowest BCUT2D eigenvalue weighted by Crippen LogP contribution is -2.27. The first-order valence-corrected chi connectivity index (χ1v) is 8.36. The van der Waals surface area contributed by atoms with E-state index >= 15 is 0 Å². The number of aryl methyl sites for hydroxylation is 1. The Labute approximate surface area is 155 Å². The molecular weight excluding hydrogens is 356 g/mol. The maximum absolute atomic E-state index is 13.0. The van der Waals surface area contributed by atoms with Gasteiger partial charge >= 0.3 is 5.97 Å². The molecule has 0 aliphatic rings. The van der Waals surface area contributed by atoms with E-state index in [1.165, 1.54) is 14.0 Å². The average Bonchev–Trinajstić information content (AvgIpc) is 2.64. The lowest BCUT2D eigenvalue weighted by molar-refractivity contribution is -0.147. The Morgan fingerprint density at radius 2 is 1.85 bits per heavy atom. The number of hydrogen-bond acceptors (Lipinski definition) is 5. The van der Waals surface area contributed by atoms with Gasteiger partial charge in [0, 0.05) is 10.6 Å². The van der Waals surface area contributed by atoms with Crippen LogP contribution in [0.1, 0.15) is 12.5 Å². The second kappa shape index (κ2) is 7.22. The largest absolute Gasteiger partial charge is 0.471 e. The molecule has 1 heterocycles. The highest BCUT2D eigenvalue weighted by molar-refractivity contribution is 6.30. The predicted octanol–water partition coefficient (Wildman–Crippen LogP) is 4.36. The van der Waals surface area contributed by atoms with Crippen LogP contribution < -0.4 is 10.2 Å². The fourth-order valence-electron chi connectivity index (χ4n) is 2.58. The zero-order chi connectivity index (χ0) is 18.8. The van der Waals surface area contributed by atoms with Gasteiger partial charge in [0.1, 0.15) is 5.58 Å². The monoisotopic (exact) mass is 372 g/mol. The Balaban J connectivity index is 2.25. The molecule has 0 saturated carbocycles. The lowest BCUT2D eigenvalue weighted by atomic mass is 10.1. The fourth-order valence-corrected chi connectivity index (χ4v) is 2.71. The van der Waals surface area contributed by atoms with Gasteiger partial charge in [0.05, 0.1) is 12.5 Å². The van der Waals surface area contributed by atoms with E-state index in [0.717, 1.165) is 5.56 Å². The quantitative estimate of drug-likeness (QED) is 0.636. The summed E-state index contributed by atoms with van der Waals surface area (Å²) in [6, 6.07) is 12.1. The van der Waals surface area contributed by atoms with E-state index in [1.807, 2.05) is 13.0 Å². The van der Waals surface area contributed by atoms with Gasteiger partial charge in [-0.25, -0.2) is 4.79 Å². The van der Waals surface area contributed by atoms with Crippen LogP contribution in [0.3, 0.4) is 0 Å². The van der Waals surface area contributed by atoms with E-state index in [9.17, 15) is 9.59 Å². The number of ether oxygens (including phenoxy) is 2. The minimum Gasteiger partial charge on any atom is -0.471 e. The number of methoxy groups -OCH3 is 1. The van der Waals surface area contributed by atoms with Crippen LogP contribution in [0, 0.1) is 6.92 Å². The van der Waals surface area contributed by atoms with Crippen molar-refractivity contribution in [2.24, 2.45) is 0 Å². The van der Waals surface area contributed by atoms with Crippen LogP contribution in [-0.2, 0) is 9.53 Å². The van der Waals surface area contributed by atoms with Gasteiger partial charge in [0.25, 0.3) is 0 Å². The molecule has 0 radical (unpaired) electrons. The van der Waals surface area contributed by atoms with Crippen molar-refractivity contribution in [2.45, 2.75) is 20.0 Å². The molecule has 6 heteroatoms. The topological polar surface area (TPSA) is 65.7 Å². The van der Waals surface area contributed by atoms with Crippen LogP contribution in [0.4, 0.5) is 0 Å². The summed E-state index contributed by atoms with van der Waals surface area (Å²) in [4.78, 5) is 24.8. The van der Waals surface area contributed by atoms with Crippen molar-refractivity contribution in [3.63, 3.8) is 0 Å². The van der Waals surface area contributed by atoms with Gasteiger partial charge < -0.3 is 13.9 Å². The second-order valence-electron chi connectivity index (χ2n) is 5.88. The smallest absolute Gasteiger partial charge is 0.346 e. The summed E-state index contributed by atoms with van der Waals surface area (Å²) in [7, 11) is 1.26. The molecule has 0 amide bonds. The number of hydrogen-bond donors (Lipinski definition) is 0. The molecule has 0 aliphatic carbocycles. The van der Waals surface area contributed by atoms with Gasteiger partial charge in [-0.05, 0) is 50.2 Å². The first-order valence-electron chi connectivity index (χ1n) is 7.98. The van der Waals surface area contributed by atoms with Crippen molar-refractivity contribution in [3.05, 3.63) is 63.3 Å². The van der Waals surface area contributed by atoms with Crippen LogP contribution in [0.5, 0.6) is 5.75 Å². The highest BCUT2D eigenvalue weighted by Gasteiger charge is 2.23. The fraction of sp³-hybridized carbons (Fsp3) is 0.200. The Morgan fingerprint density at radius 3 is 2.50 bits per heavy atom. The van der Waals surface area contributed by atoms with Gasteiger partial charge in [-0.3, -0.25) is 4.79 Å². The maximum Gasteiger partial charge on any atom is 0.346 e. The molecule has 0 unspecified atom stereocenters. The van der Waals surface area contributed by atoms with Crippen LogP contribution in [0.2, 0.25) is 5.02 Å². The highest BCUT2D eigenvalue weighted by atomic mass is 35.5. The van der Waals surface area contributed by atoms with Gasteiger partial charge in [-0.2, -0.15) is 0 Å². The third kappa shape index (κ3) is 3.44.